The normalized spacial score (nSPS) is 10.2. The summed E-state index contributed by atoms with van der Waals surface area (Å²) in [5.41, 5.74) is 0.749. The second-order valence-corrected chi connectivity index (χ2v) is 5.50. The van der Waals surface area contributed by atoms with Gasteiger partial charge in [-0.1, -0.05) is 19.1 Å². The fourth-order valence-corrected chi connectivity index (χ4v) is 2.37. The molecule has 0 amide bonds. The lowest BCUT2D eigenvalue weighted by atomic mass is 10.0. The van der Waals surface area contributed by atoms with Crippen LogP contribution in [-0.4, -0.2) is 24.6 Å². The van der Waals surface area contributed by atoms with Crippen molar-refractivity contribution >= 4 is 23.5 Å². The van der Waals surface area contributed by atoms with Gasteiger partial charge in [0.25, 0.3) is 0 Å². The molecule has 0 aliphatic rings. The van der Waals surface area contributed by atoms with Gasteiger partial charge in [0.2, 0.25) is 0 Å². The number of esters is 1. The monoisotopic (exact) mass is 280 g/mol. The Hall–Kier alpha value is -1.29. The highest BCUT2D eigenvalue weighted by atomic mass is 32.2. The molecular formula is C15H20O3S. The number of carbonyl (C=O) groups is 2. The van der Waals surface area contributed by atoms with Crippen LogP contribution in [-0.2, 0) is 9.53 Å². The van der Waals surface area contributed by atoms with Gasteiger partial charge in [0.05, 0.1) is 7.11 Å². The molecule has 104 valence electrons. The summed E-state index contributed by atoms with van der Waals surface area (Å²) in [4.78, 5) is 24.0. The predicted molar refractivity (Wildman–Crippen MR) is 77.7 cm³/mol. The van der Waals surface area contributed by atoms with Gasteiger partial charge in [0.15, 0.2) is 5.78 Å². The number of unbranched alkanes of at least 4 members (excludes halogenated alkanes) is 1. The topological polar surface area (TPSA) is 43.4 Å². The summed E-state index contributed by atoms with van der Waals surface area (Å²) in [5, 5.41) is 0. The number of carbonyl (C=O) groups excluding carboxylic acids is 2. The first-order valence-electron chi connectivity index (χ1n) is 6.50. The Balaban J connectivity index is 2.34. The Kier molecular flexibility index (Phi) is 7.26. The van der Waals surface area contributed by atoms with Gasteiger partial charge in [-0.2, -0.15) is 0 Å². The summed E-state index contributed by atoms with van der Waals surface area (Å²) in [6, 6.07) is 7.72. The van der Waals surface area contributed by atoms with Crippen LogP contribution in [0.5, 0.6) is 0 Å². The highest BCUT2D eigenvalue weighted by Gasteiger charge is 2.06. The molecule has 19 heavy (non-hydrogen) atoms. The zero-order valence-electron chi connectivity index (χ0n) is 11.5. The van der Waals surface area contributed by atoms with Crippen LogP contribution in [0.4, 0.5) is 0 Å². The third-order valence-electron chi connectivity index (χ3n) is 2.75. The minimum absolute atomic E-state index is 0.137. The van der Waals surface area contributed by atoms with Crippen LogP contribution in [0.2, 0.25) is 0 Å². The lowest BCUT2D eigenvalue weighted by molar-refractivity contribution is -0.140. The number of ketones is 1. The molecule has 0 fully saturated rings. The van der Waals surface area contributed by atoms with Gasteiger partial charge in [-0.25, -0.2) is 0 Å². The molecule has 1 aromatic rings. The van der Waals surface area contributed by atoms with E-state index in [1.807, 2.05) is 24.3 Å². The fraction of sp³-hybridized carbons (Fsp3) is 0.467. The van der Waals surface area contributed by atoms with Gasteiger partial charge >= 0.3 is 5.97 Å². The molecule has 0 radical (unpaired) electrons. The number of benzene rings is 1. The van der Waals surface area contributed by atoms with E-state index in [-0.39, 0.29) is 11.8 Å². The van der Waals surface area contributed by atoms with Crippen LogP contribution < -0.4 is 0 Å². The molecule has 0 bridgehead atoms. The number of Topliss-reactive ketones (excluding diaryl/α,β-unsaturated/α-hetero) is 1. The molecule has 0 unspecified atom stereocenters. The summed E-state index contributed by atoms with van der Waals surface area (Å²) in [6.07, 6.45) is 2.29. The van der Waals surface area contributed by atoms with E-state index in [4.69, 9.17) is 0 Å². The molecule has 0 atom stereocenters. The van der Waals surface area contributed by atoms with Crippen LogP contribution in [0.15, 0.2) is 29.2 Å². The minimum Gasteiger partial charge on any atom is -0.469 e. The van der Waals surface area contributed by atoms with Crippen LogP contribution in [0, 0.1) is 0 Å². The van der Waals surface area contributed by atoms with E-state index in [1.54, 1.807) is 11.8 Å². The summed E-state index contributed by atoms with van der Waals surface area (Å²) in [5.74, 6) is 0.951. The van der Waals surface area contributed by atoms with E-state index in [1.165, 1.54) is 12.0 Å². The second kappa shape index (κ2) is 8.75. The maximum absolute atomic E-state index is 11.9. The number of ether oxygens (including phenoxy) is 1. The highest BCUT2D eigenvalue weighted by Crippen LogP contribution is 2.18. The lowest BCUT2D eigenvalue weighted by Gasteiger charge is -2.03. The van der Waals surface area contributed by atoms with Gasteiger partial charge in [0.1, 0.15) is 0 Å². The fourth-order valence-electron chi connectivity index (χ4n) is 1.71. The van der Waals surface area contributed by atoms with Crippen molar-refractivity contribution in [3.05, 3.63) is 29.8 Å². The number of hydrogen-bond acceptors (Lipinski definition) is 4. The average molecular weight is 280 g/mol. The van der Waals surface area contributed by atoms with Crippen molar-refractivity contribution in [2.24, 2.45) is 0 Å². The molecule has 0 N–H and O–H groups in total. The number of hydrogen-bond donors (Lipinski definition) is 0. The molecule has 0 aliphatic heterocycles. The van der Waals surface area contributed by atoms with E-state index in [9.17, 15) is 9.59 Å². The summed E-state index contributed by atoms with van der Waals surface area (Å²) < 4.78 is 4.55. The molecule has 0 aliphatic carbocycles. The maximum atomic E-state index is 11.9. The summed E-state index contributed by atoms with van der Waals surface area (Å²) >= 11 is 1.76. The molecule has 0 aromatic heterocycles. The smallest absolute Gasteiger partial charge is 0.305 e. The maximum Gasteiger partial charge on any atom is 0.305 e. The van der Waals surface area contributed by atoms with Crippen molar-refractivity contribution in [2.45, 2.75) is 37.5 Å². The molecule has 1 rings (SSSR count). The number of methoxy groups -OCH3 is 1. The molecular weight excluding hydrogens is 260 g/mol. The largest absolute Gasteiger partial charge is 0.469 e. The zero-order chi connectivity index (χ0) is 14.1. The molecule has 3 nitrogen and oxygen atoms in total. The standard InChI is InChI=1S/C15H20O3S/c1-3-19-13-10-8-12(9-11-13)14(16)6-4-5-7-15(17)18-2/h8-11H,3-7H2,1-2H3. The molecule has 0 heterocycles. The minimum atomic E-state index is -0.214. The van der Waals surface area contributed by atoms with Gasteiger partial charge in [0, 0.05) is 23.3 Å². The summed E-state index contributed by atoms with van der Waals surface area (Å²) in [7, 11) is 1.38. The first-order chi connectivity index (χ1) is 9.17. The molecule has 1 aromatic carbocycles. The Morgan fingerprint density at radius 3 is 2.32 bits per heavy atom. The lowest BCUT2D eigenvalue weighted by Crippen LogP contribution is -2.02. The summed E-state index contributed by atoms with van der Waals surface area (Å²) in [6.45, 7) is 2.10. The van der Waals surface area contributed by atoms with Crippen LogP contribution >= 0.6 is 11.8 Å². The Morgan fingerprint density at radius 1 is 1.11 bits per heavy atom. The Bertz CT molecular complexity index is 412. The zero-order valence-corrected chi connectivity index (χ0v) is 12.3. The van der Waals surface area contributed by atoms with Crippen LogP contribution in [0.25, 0.3) is 0 Å². The average Bonchev–Trinajstić information content (AvgIpc) is 2.44. The Labute approximate surface area is 118 Å². The van der Waals surface area contributed by atoms with Gasteiger partial charge < -0.3 is 4.74 Å². The van der Waals surface area contributed by atoms with E-state index >= 15 is 0 Å². The van der Waals surface area contributed by atoms with Crippen molar-refractivity contribution < 1.29 is 14.3 Å². The van der Waals surface area contributed by atoms with Crippen molar-refractivity contribution in [3.8, 4) is 0 Å². The van der Waals surface area contributed by atoms with E-state index in [0.29, 0.717) is 19.3 Å². The molecule has 0 saturated heterocycles. The third-order valence-corrected chi connectivity index (χ3v) is 3.64. The van der Waals surface area contributed by atoms with Gasteiger partial charge in [-0.3, -0.25) is 9.59 Å². The SMILES string of the molecule is CCSc1ccc(C(=O)CCCCC(=O)OC)cc1. The van der Waals surface area contributed by atoms with Crippen LogP contribution in [0.3, 0.4) is 0 Å². The highest BCUT2D eigenvalue weighted by molar-refractivity contribution is 7.99. The number of rotatable bonds is 8. The second-order valence-electron chi connectivity index (χ2n) is 4.16. The van der Waals surface area contributed by atoms with Crippen molar-refractivity contribution in [2.75, 3.05) is 12.9 Å². The van der Waals surface area contributed by atoms with Crippen molar-refractivity contribution in [1.29, 1.82) is 0 Å². The molecule has 4 heteroatoms. The first-order valence-corrected chi connectivity index (χ1v) is 7.48. The van der Waals surface area contributed by atoms with E-state index in [2.05, 4.69) is 11.7 Å². The van der Waals surface area contributed by atoms with Crippen molar-refractivity contribution in [1.82, 2.24) is 0 Å². The van der Waals surface area contributed by atoms with Gasteiger partial charge in [-0.05, 0) is 30.7 Å². The predicted octanol–water partition coefficient (Wildman–Crippen LogP) is 3.71. The third kappa shape index (κ3) is 5.92. The van der Waals surface area contributed by atoms with Gasteiger partial charge in [-0.15, -0.1) is 11.8 Å². The number of thioether (sulfide) groups is 1. The van der Waals surface area contributed by atoms with E-state index < -0.39 is 0 Å². The van der Waals surface area contributed by atoms with Crippen LogP contribution in [0.1, 0.15) is 43.0 Å². The Morgan fingerprint density at radius 2 is 1.74 bits per heavy atom. The molecule has 0 spiro atoms. The van der Waals surface area contributed by atoms with E-state index in [0.717, 1.165) is 17.7 Å². The molecule has 0 saturated carbocycles. The quantitative estimate of drug-likeness (QED) is 0.315. The van der Waals surface area contributed by atoms with Crippen molar-refractivity contribution in [3.63, 3.8) is 0 Å². The first kappa shape index (κ1) is 15.8.